The van der Waals surface area contributed by atoms with Gasteiger partial charge in [0.1, 0.15) is 0 Å². The van der Waals surface area contributed by atoms with Gasteiger partial charge in [0.2, 0.25) is 0 Å². The molecule has 6 nitrogen and oxygen atoms in total. The minimum Gasteiger partial charge on any atom is -0.387 e. The average molecular weight is 274 g/mol. The van der Waals surface area contributed by atoms with E-state index >= 15 is 0 Å². The molecular formula is C14H18N4O2. The number of likely N-dealkylation sites (N-methyl/N-ethyl adjacent to an activating group) is 1. The van der Waals surface area contributed by atoms with E-state index in [0.717, 1.165) is 17.6 Å². The Bertz CT molecular complexity index is 631. The van der Waals surface area contributed by atoms with Crippen molar-refractivity contribution >= 4 is 16.9 Å². The predicted molar refractivity (Wildman–Crippen MR) is 75.5 cm³/mol. The Kier molecular flexibility index (Phi) is 3.19. The molecule has 1 amide bonds. The van der Waals surface area contributed by atoms with E-state index in [1.54, 1.807) is 30.4 Å². The van der Waals surface area contributed by atoms with Crippen LogP contribution in [0.4, 0.5) is 0 Å². The lowest BCUT2D eigenvalue weighted by Crippen LogP contribution is -2.45. The number of carbonyl (C=O) groups excluding carboxylic acids is 1. The molecule has 1 fully saturated rings. The summed E-state index contributed by atoms with van der Waals surface area (Å²) in [6, 6.07) is 5.37. The van der Waals surface area contributed by atoms with Crippen LogP contribution in [0.5, 0.6) is 0 Å². The quantitative estimate of drug-likeness (QED) is 0.755. The van der Waals surface area contributed by atoms with Crippen LogP contribution in [0.25, 0.3) is 11.0 Å². The number of aliphatic hydroxyl groups is 1. The second kappa shape index (κ2) is 4.88. The van der Waals surface area contributed by atoms with E-state index in [2.05, 4.69) is 15.3 Å². The number of nitrogens with one attached hydrogen (secondary N) is 2. The number of fused-ring (bicyclic) bond motifs is 1. The first-order chi connectivity index (χ1) is 9.57. The standard InChI is InChI=1S/C14H18N4O2/c1-18(8-14(20)4-5-15-7-14)13(19)10-2-3-11-12(6-10)17-9-16-11/h2-3,6,9,15,20H,4-5,7-8H2,1H3,(H,16,17). The van der Waals surface area contributed by atoms with E-state index in [1.165, 1.54) is 0 Å². The summed E-state index contributed by atoms with van der Waals surface area (Å²) in [5, 5.41) is 13.4. The number of β-amino-alcohol motifs (C(OH)–C–C–N with tert-alkyl or cyclic N) is 1. The van der Waals surface area contributed by atoms with Crippen LogP contribution in [0.1, 0.15) is 16.8 Å². The lowest BCUT2D eigenvalue weighted by Gasteiger charge is -2.28. The molecule has 106 valence electrons. The third-order valence-corrected chi connectivity index (χ3v) is 3.77. The van der Waals surface area contributed by atoms with Crippen LogP contribution in [-0.4, -0.2) is 58.2 Å². The average Bonchev–Trinajstić information content (AvgIpc) is 3.05. The molecule has 3 rings (SSSR count). The van der Waals surface area contributed by atoms with E-state index < -0.39 is 5.60 Å². The zero-order valence-corrected chi connectivity index (χ0v) is 11.4. The van der Waals surface area contributed by atoms with Crippen molar-refractivity contribution in [3.63, 3.8) is 0 Å². The van der Waals surface area contributed by atoms with E-state index in [9.17, 15) is 9.90 Å². The Balaban J connectivity index is 1.76. The number of benzene rings is 1. The van der Waals surface area contributed by atoms with Gasteiger partial charge in [0.25, 0.3) is 5.91 Å². The van der Waals surface area contributed by atoms with Gasteiger partial charge >= 0.3 is 0 Å². The van der Waals surface area contributed by atoms with Crippen molar-refractivity contribution in [2.24, 2.45) is 0 Å². The van der Waals surface area contributed by atoms with Crippen LogP contribution in [0.2, 0.25) is 0 Å². The first-order valence-corrected chi connectivity index (χ1v) is 6.69. The summed E-state index contributed by atoms with van der Waals surface area (Å²) in [7, 11) is 1.72. The van der Waals surface area contributed by atoms with Gasteiger partial charge in [-0.2, -0.15) is 0 Å². The van der Waals surface area contributed by atoms with Crippen LogP contribution in [0, 0.1) is 0 Å². The van der Waals surface area contributed by atoms with E-state index in [1.807, 2.05) is 6.07 Å². The van der Waals surface area contributed by atoms with Crippen molar-refractivity contribution in [1.82, 2.24) is 20.2 Å². The molecule has 0 radical (unpaired) electrons. The Hall–Kier alpha value is -1.92. The van der Waals surface area contributed by atoms with Crippen molar-refractivity contribution in [1.29, 1.82) is 0 Å². The molecule has 1 atom stereocenters. The van der Waals surface area contributed by atoms with Gasteiger partial charge in [-0.25, -0.2) is 4.98 Å². The summed E-state index contributed by atoms with van der Waals surface area (Å²) in [6.45, 7) is 1.66. The topological polar surface area (TPSA) is 81.2 Å². The van der Waals surface area contributed by atoms with Crippen LogP contribution in [0.3, 0.4) is 0 Å². The lowest BCUT2D eigenvalue weighted by molar-refractivity contribution is 0.0252. The highest BCUT2D eigenvalue weighted by atomic mass is 16.3. The maximum atomic E-state index is 12.4. The van der Waals surface area contributed by atoms with Gasteiger partial charge in [-0.15, -0.1) is 0 Å². The minimum absolute atomic E-state index is 0.0955. The molecule has 6 heteroatoms. The fraction of sp³-hybridized carbons (Fsp3) is 0.429. The highest BCUT2D eigenvalue weighted by Gasteiger charge is 2.33. The van der Waals surface area contributed by atoms with E-state index in [4.69, 9.17) is 0 Å². The molecule has 0 bridgehead atoms. The van der Waals surface area contributed by atoms with Crippen molar-refractivity contribution in [2.45, 2.75) is 12.0 Å². The number of imidazole rings is 1. The smallest absolute Gasteiger partial charge is 0.253 e. The number of hydrogen-bond donors (Lipinski definition) is 3. The second-order valence-corrected chi connectivity index (χ2v) is 5.45. The van der Waals surface area contributed by atoms with Gasteiger partial charge < -0.3 is 20.3 Å². The van der Waals surface area contributed by atoms with Crippen LogP contribution >= 0.6 is 0 Å². The number of hydrogen-bond acceptors (Lipinski definition) is 4. The van der Waals surface area contributed by atoms with Gasteiger partial charge in [0.05, 0.1) is 29.5 Å². The Morgan fingerprint density at radius 1 is 1.55 bits per heavy atom. The minimum atomic E-state index is -0.817. The van der Waals surface area contributed by atoms with Gasteiger partial charge in [0.15, 0.2) is 0 Å². The number of aromatic amines is 1. The number of carbonyl (C=O) groups is 1. The molecule has 1 aromatic carbocycles. The van der Waals surface area contributed by atoms with Crippen molar-refractivity contribution in [3.8, 4) is 0 Å². The summed E-state index contributed by atoms with van der Waals surface area (Å²) in [5.74, 6) is -0.0955. The predicted octanol–water partition coefficient (Wildman–Crippen LogP) is 0.359. The summed E-state index contributed by atoms with van der Waals surface area (Å²) in [5.41, 5.74) is 1.45. The van der Waals surface area contributed by atoms with Gasteiger partial charge in [-0.1, -0.05) is 0 Å². The van der Waals surface area contributed by atoms with E-state index in [0.29, 0.717) is 25.1 Å². The first-order valence-electron chi connectivity index (χ1n) is 6.69. The number of nitrogens with zero attached hydrogens (tertiary/aromatic N) is 2. The first kappa shape index (κ1) is 13.1. The molecular weight excluding hydrogens is 256 g/mol. The summed E-state index contributed by atoms with van der Waals surface area (Å²) in [4.78, 5) is 21.1. The highest BCUT2D eigenvalue weighted by Crippen LogP contribution is 2.18. The number of H-pyrrole nitrogens is 1. The summed E-state index contributed by atoms with van der Waals surface area (Å²) >= 11 is 0. The van der Waals surface area contributed by atoms with Crippen molar-refractivity contribution in [3.05, 3.63) is 30.1 Å². The van der Waals surface area contributed by atoms with Crippen LogP contribution < -0.4 is 5.32 Å². The molecule has 2 aromatic rings. The summed E-state index contributed by atoms with van der Waals surface area (Å²) < 4.78 is 0. The van der Waals surface area contributed by atoms with Crippen molar-refractivity contribution in [2.75, 3.05) is 26.7 Å². The molecule has 2 heterocycles. The molecule has 1 saturated heterocycles. The lowest BCUT2D eigenvalue weighted by atomic mass is 10.0. The number of rotatable bonds is 3. The number of aromatic nitrogens is 2. The second-order valence-electron chi connectivity index (χ2n) is 5.45. The van der Waals surface area contributed by atoms with Gasteiger partial charge in [-0.05, 0) is 31.2 Å². The van der Waals surface area contributed by atoms with Crippen LogP contribution in [-0.2, 0) is 0 Å². The van der Waals surface area contributed by atoms with Crippen LogP contribution in [0.15, 0.2) is 24.5 Å². The van der Waals surface area contributed by atoms with Gasteiger partial charge in [-0.3, -0.25) is 4.79 Å². The molecule has 3 N–H and O–H groups in total. The fourth-order valence-electron chi connectivity index (χ4n) is 2.67. The Morgan fingerprint density at radius 2 is 2.40 bits per heavy atom. The zero-order chi connectivity index (χ0) is 14.2. The largest absolute Gasteiger partial charge is 0.387 e. The maximum Gasteiger partial charge on any atom is 0.253 e. The maximum absolute atomic E-state index is 12.4. The molecule has 0 aliphatic carbocycles. The molecule has 0 saturated carbocycles. The number of amides is 1. The molecule has 20 heavy (non-hydrogen) atoms. The van der Waals surface area contributed by atoms with E-state index in [-0.39, 0.29) is 5.91 Å². The SMILES string of the molecule is CN(CC1(O)CCNC1)C(=O)c1ccc2nc[nH]c2c1. The monoisotopic (exact) mass is 274 g/mol. The molecule has 0 spiro atoms. The third-order valence-electron chi connectivity index (χ3n) is 3.77. The van der Waals surface area contributed by atoms with Crippen molar-refractivity contribution < 1.29 is 9.90 Å². The normalized spacial score (nSPS) is 22.3. The van der Waals surface area contributed by atoms with Gasteiger partial charge in [0, 0.05) is 19.2 Å². The third kappa shape index (κ3) is 2.39. The molecule has 1 aromatic heterocycles. The zero-order valence-electron chi connectivity index (χ0n) is 11.4. The molecule has 1 aliphatic heterocycles. The summed E-state index contributed by atoms with van der Waals surface area (Å²) in [6.07, 6.45) is 2.28. The fourth-order valence-corrected chi connectivity index (χ4v) is 2.67. The Morgan fingerprint density at radius 3 is 3.15 bits per heavy atom. The highest BCUT2D eigenvalue weighted by molar-refractivity contribution is 5.97. The molecule has 1 unspecified atom stereocenters. The Labute approximate surface area is 116 Å². The molecule has 1 aliphatic rings.